The van der Waals surface area contributed by atoms with Crippen molar-refractivity contribution in [2.24, 2.45) is 0 Å². The quantitative estimate of drug-likeness (QED) is 0.776. The van der Waals surface area contributed by atoms with Crippen molar-refractivity contribution < 1.29 is 13.2 Å². The zero-order valence-electron chi connectivity index (χ0n) is 11.0. The zero-order valence-corrected chi connectivity index (χ0v) is 11.8. The summed E-state index contributed by atoms with van der Waals surface area (Å²) in [6.07, 6.45) is 0. The van der Waals surface area contributed by atoms with Crippen molar-refractivity contribution in [3.8, 4) is 6.01 Å². The van der Waals surface area contributed by atoms with Crippen molar-refractivity contribution in [3.05, 3.63) is 22.1 Å². The van der Waals surface area contributed by atoms with E-state index < -0.39 is 15.1 Å². The molecule has 0 amide bonds. The summed E-state index contributed by atoms with van der Waals surface area (Å²) in [5.74, 6) is -0.105. The first-order valence-electron chi connectivity index (χ1n) is 5.62. The highest BCUT2D eigenvalue weighted by atomic mass is 32.2. The molecule has 0 aliphatic heterocycles. The van der Waals surface area contributed by atoms with Gasteiger partial charge in [-0.05, 0) is 20.8 Å². The van der Waals surface area contributed by atoms with Gasteiger partial charge in [0.05, 0.1) is 18.1 Å². The fourth-order valence-corrected chi connectivity index (χ4v) is 2.32. The summed E-state index contributed by atoms with van der Waals surface area (Å²) in [6.45, 7) is 4.96. The van der Waals surface area contributed by atoms with E-state index in [0.717, 1.165) is 0 Å². The smallest absolute Gasteiger partial charge is 0.299 e. The van der Waals surface area contributed by atoms with Gasteiger partial charge in [-0.2, -0.15) is 0 Å². The average Bonchev–Trinajstić information content (AvgIpc) is 2.26. The van der Waals surface area contributed by atoms with Gasteiger partial charge < -0.3 is 4.74 Å². The van der Waals surface area contributed by atoms with Crippen molar-refractivity contribution in [1.82, 2.24) is 9.55 Å². The van der Waals surface area contributed by atoms with Crippen LogP contribution in [0.4, 0.5) is 0 Å². The predicted octanol–water partition coefficient (Wildman–Crippen LogP) is 0.384. The monoisotopic (exact) mass is 274 g/mol. The van der Waals surface area contributed by atoms with Crippen molar-refractivity contribution in [2.75, 3.05) is 12.9 Å². The molecule has 0 saturated heterocycles. The van der Waals surface area contributed by atoms with Crippen LogP contribution in [0.5, 0.6) is 6.01 Å². The Morgan fingerprint density at radius 1 is 1.44 bits per heavy atom. The number of hydrogen-bond donors (Lipinski definition) is 0. The standard InChI is InChI=1S/C11H18N2O4S/c1-8(2)18(15,16)6-5-13-10(14)7-9(3)12-11(13)17-4/h7-8H,5-6H2,1-4H3. The molecule has 18 heavy (non-hydrogen) atoms. The van der Waals surface area contributed by atoms with Crippen LogP contribution in [-0.2, 0) is 16.4 Å². The van der Waals surface area contributed by atoms with Gasteiger partial charge in [0, 0.05) is 18.3 Å². The van der Waals surface area contributed by atoms with Crippen LogP contribution in [0.1, 0.15) is 19.5 Å². The lowest BCUT2D eigenvalue weighted by Crippen LogP contribution is -2.28. The van der Waals surface area contributed by atoms with E-state index in [0.29, 0.717) is 5.69 Å². The molecule has 1 heterocycles. The lowest BCUT2D eigenvalue weighted by Gasteiger charge is -2.12. The highest BCUT2D eigenvalue weighted by Gasteiger charge is 2.17. The molecule has 7 heteroatoms. The van der Waals surface area contributed by atoms with Gasteiger partial charge in [-0.25, -0.2) is 13.4 Å². The van der Waals surface area contributed by atoms with Gasteiger partial charge in [-0.3, -0.25) is 9.36 Å². The van der Waals surface area contributed by atoms with Crippen LogP contribution in [0.2, 0.25) is 0 Å². The highest BCUT2D eigenvalue weighted by molar-refractivity contribution is 7.91. The Labute approximate surface area is 107 Å². The van der Waals surface area contributed by atoms with Crippen molar-refractivity contribution in [3.63, 3.8) is 0 Å². The molecule has 1 aromatic rings. The zero-order chi connectivity index (χ0) is 13.9. The maximum absolute atomic E-state index is 11.8. The minimum Gasteiger partial charge on any atom is -0.468 e. The van der Waals surface area contributed by atoms with Crippen LogP contribution in [0.25, 0.3) is 0 Å². The molecule has 0 bridgehead atoms. The highest BCUT2D eigenvalue weighted by Crippen LogP contribution is 2.07. The Morgan fingerprint density at radius 3 is 2.56 bits per heavy atom. The number of sulfone groups is 1. The summed E-state index contributed by atoms with van der Waals surface area (Å²) >= 11 is 0. The summed E-state index contributed by atoms with van der Waals surface area (Å²) < 4.78 is 29.6. The van der Waals surface area contributed by atoms with E-state index in [2.05, 4.69) is 4.98 Å². The summed E-state index contributed by atoms with van der Waals surface area (Å²) in [6, 6.07) is 1.49. The van der Waals surface area contributed by atoms with Crippen LogP contribution in [0, 0.1) is 6.92 Å². The molecular formula is C11H18N2O4S. The van der Waals surface area contributed by atoms with E-state index >= 15 is 0 Å². The third-order valence-corrected chi connectivity index (χ3v) is 4.79. The Bertz CT molecular complexity index is 575. The molecule has 0 aliphatic carbocycles. The van der Waals surface area contributed by atoms with Gasteiger partial charge in [-0.1, -0.05) is 0 Å². The van der Waals surface area contributed by atoms with Crippen LogP contribution in [-0.4, -0.2) is 36.1 Å². The maximum atomic E-state index is 11.8. The summed E-state index contributed by atoms with van der Waals surface area (Å²) in [5, 5.41) is -0.461. The van der Waals surface area contributed by atoms with Crippen LogP contribution < -0.4 is 10.3 Å². The number of hydrogen-bond acceptors (Lipinski definition) is 5. The number of methoxy groups -OCH3 is 1. The largest absolute Gasteiger partial charge is 0.468 e. The molecule has 0 unspecified atom stereocenters. The first-order chi connectivity index (χ1) is 8.27. The van der Waals surface area contributed by atoms with E-state index in [9.17, 15) is 13.2 Å². The van der Waals surface area contributed by atoms with Crippen molar-refractivity contribution >= 4 is 9.84 Å². The average molecular weight is 274 g/mol. The number of aryl methyl sites for hydroxylation is 1. The first kappa shape index (κ1) is 14.7. The Balaban J connectivity index is 3.03. The number of aromatic nitrogens is 2. The van der Waals surface area contributed by atoms with Crippen LogP contribution in [0.3, 0.4) is 0 Å². The third-order valence-electron chi connectivity index (χ3n) is 2.60. The van der Waals surface area contributed by atoms with Gasteiger partial charge >= 0.3 is 0 Å². The molecule has 102 valence electrons. The van der Waals surface area contributed by atoms with E-state index in [4.69, 9.17) is 4.74 Å². The Hall–Kier alpha value is -1.37. The van der Waals surface area contributed by atoms with Crippen molar-refractivity contribution in [2.45, 2.75) is 32.6 Å². The molecule has 0 saturated carbocycles. The first-order valence-corrected chi connectivity index (χ1v) is 7.33. The Kier molecular flexibility index (Phi) is 4.50. The molecular weight excluding hydrogens is 256 g/mol. The normalized spacial score (nSPS) is 11.8. The molecule has 0 radical (unpaired) electrons. The molecule has 1 rings (SSSR count). The molecule has 6 nitrogen and oxygen atoms in total. The fourth-order valence-electron chi connectivity index (χ4n) is 1.41. The molecule has 0 N–H and O–H groups in total. The second-order valence-electron chi connectivity index (χ2n) is 4.29. The molecule has 0 spiro atoms. The number of nitrogens with zero attached hydrogens (tertiary/aromatic N) is 2. The van der Waals surface area contributed by atoms with Crippen LogP contribution in [0.15, 0.2) is 10.9 Å². The molecule has 0 aliphatic rings. The van der Waals surface area contributed by atoms with Gasteiger partial charge in [0.2, 0.25) is 0 Å². The van der Waals surface area contributed by atoms with Gasteiger partial charge in [-0.15, -0.1) is 0 Å². The third kappa shape index (κ3) is 3.32. The molecule has 0 aromatic carbocycles. The second-order valence-corrected chi connectivity index (χ2v) is 6.97. The Morgan fingerprint density at radius 2 is 2.06 bits per heavy atom. The van der Waals surface area contributed by atoms with E-state index in [-0.39, 0.29) is 23.9 Å². The summed E-state index contributed by atoms with van der Waals surface area (Å²) in [4.78, 5) is 15.8. The molecule has 1 aromatic heterocycles. The minimum absolute atomic E-state index is 0.0514. The lowest BCUT2D eigenvalue weighted by molar-refractivity contribution is 0.347. The van der Waals surface area contributed by atoms with E-state index in [1.807, 2.05) is 0 Å². The lowest BCUT2D eigenvalue weighted by atomic mass is 10.4. The summed E-state index contributed by atoms with van der Waals surface area (Å²) in [7, 11) is -1.79. The van der Waals surface area contributed by atoms with Gasteiger partial charge in [0.25, 0.3) is 11.6 Å². The van der Waals surface area contributed by atoms with E-state index in [1.165, 1.54) is 17.7 Å². The predicted molar refractivity (Wildman–Crippen MR) is 68.7 cm³/mol. The van der Waals surface area contributed by atoms with Crippen LogP contribution >= 0.6 is 0 Å². The topological polar surface area (TPSA) is 78.3 Å². The van der Waals surface area contributed by atoms with Gasteiger partial charge in [0.1, 0.15) is 0 Å². The number of rotatable bonds is 5. The fraction of sp³-hybridized carbons (Fsp3) is 0.636. The van der Waals surface area contributed by atoms with E-state index in [1.54, 1.807) is 20.8 Å². The summed E-state index contributed by atoms with van der Waals surface area (Å²) in [5.41, 5.74) is 0.234. The SMILES string of the molecule is COc1nc(C)cc(=O)n1CCS(=O)(=O)C(C)C. The number of ether oxygens (including phenoxy) is 1. The second kappa shape index (κ2) is 5.51. The molecule has 0 fully saturated rings. The molecule has 0 atom stereocenters. The van der Waals surface area contributed by atoms with Crippen molar-refractivity contribution in [1.29, 1.82) is 0 Å². The maximum Gasteiger partial charge on any atom is 0.299 e. The minimum atomic E-state index is -3.19. The van der Waals surface area contributed by atoms with Gasteiger partial charge in [0.15, 0.2) is 9.84 Å².